The number of hydrogen-bond donors (Lipinski definition) is 1. The molecular formula is C18H21FN2O3. The van der Waals surface area contributed by atoms with Crippen molar-refractivity contribution >= 4 is 11.6 Å². The number of halogens is 1. The number of carbonyl (C=O) groups excluding carboxylic acids is 1. The molecule has 1 saturated carbocycles. The normalized spacial score (nSPS) is 33.2. The standard InChI is InChI=1S/C18H21FN2O3/c1-18(2)15(12-6-7-23-16(12)18)20-17(22)14-9-13(21-24-14)10-4-3-5-11(19)8-10/h3-5,8,12,14-16H,6-7,9H2,1-2H3,(H,20,22)/t12-,14+,15-,16-/m1/s1. The Kier molecular flexibility index (Phi) is 3.60. The number of fused-ring (bicyclic) bond motifs is 1. The van der Waals surface area contributed by atoms with Crippen LogP contribution in [0.3, 0.4) is 0 Å². The molecule has 4 atom stereocenters. The molecule has 4 rings (SSSR count). The van der Waals surface area contributed by atoms with Gasteiger partial charge < -0.3 is 14.9 Å². The minimum atomic E-state index is -0.652. The molecule has 1 aromatic carbocycles. The van der Waals surface area contributed by atoms with Gasteiger partial charge in [-0.15, -0.1) is 0 Å². The lowest BCUT2D eigenvalue weighted by Crippen LogP contribution is -2.67. The minimum Gasteiger partial charge on any atom is -0.382 e. The quantitative estimate of drug-likeness (QED) is 0.923. The first-order chi connectivity index (χ1) is 11.5. The maximum absolute atomic E-state index is 13.3. The van der Waals surface area contributed by atoms with E-state index in [-0.39, 0.29) is 29.3 Å². The van der Waals surface area contributed by atoms with Crippen LogP contribution in [0.4, 0.5) is 4.39 Å². The average Bonchev–Trinajstić information content (AvgIpc) is 3.21. The summed E-state index contributed by atoms with van der Waals surface area (Å²) >= 11 is 0. The molecule has 2 heterocycles. The highest BCUT2D eigenvalue weighted by atomic mass is 19.1. The van der Waals surface area contributed by atoms with E-state index in [1.807, 2.05) is 0 Å². The molecular weight excluding hydrogens is 311 g/mol. The summed E-state index contributed by atoms with van der Waals surface area (Å²) in [7, 11) is 0. The summed E-state index contributed by atoms with van der Waals surface area (Å²) in [5.74, 6) is -0.103. The first-order valence-electron chi connectivity index (χ1n) is 8.37. The van der Waals surface area contributed by atoms with E-state index >= 15 is 0 Å². The Morgan fingerprint density at radius 1 is 1.42 bits per heavy atom. The van der Waals surface area contributed by atoms with Crippen molar-refractivity contribution in [1.29, 1.82) is 0 Å². The fourth-order valence-corrected chi connectivity index (χ4v) is 4.22. The zero-order valence-corrected chi connectivity index (χ0v) is 13.8. The van der Waals surface area contributed by atoms with Crippen molar-refractivity contribution in [1.82, 2.24) is 5.32 Å². The number of hydrogen-bond acceptors (Lipinski definition) is 4. The zero-order valence-electron chi connectivity index (χ0n) is 13.8. The van der Waals surface area contributed by atoms with E-state index in [1.54, 1.807) is 12.1 Å². The van der Waals surface area contributed by atoms with E-state index in [9.17, 15) is 9.18 Å². The van der Waals surface area contributed by atoms with Gasteiger partial charge in [-0.2, -0.15) is 0 Å². The number of rotatable bonds is 3. The summed E-state index contributed by atoms with van der Waals surface area (Å²) in [5, 5.41) is 7.08. The van der Waals surface area contributed by atoms with Gasteiger partial charge in [-0.3, -0.25) is 4.79 Å². The SMILES string of the molecule is CC1(C)[C@H](NC(=O)[C@@H]2CC(c3cccc(F)c3)=NO2)[C@H]2CCO[C@H]21. The van der Waals surface area contributed by atoms with Gasteiger partial charge in [-0.1, -0.05) is 31.1 Å². The fourth-order valence-electron chi connectivity index (χ4n) is 4.22. The van der Waals surface area contributed by atoms with Crippen LogP contribution in [-0.2, 0) is 14.4 Å². The number of ether oxygens (including phenoxy) is 1. The average molecular weight is 332 g/mol. The highest BCUT2D eigenvalue weighted by Crippen LogP contribution is 2.52. The third kappa shape index (κ3) is 2.40. The first kappa shape index (κ1) is 15.6. The van der Waals surface area contributed by atoms with Crippen molar-refractivity contribution in [2.75, 3.05) is 6.61 Å². The zero-order chi connectivity index (χ0) is 16.9. The fraction of sp³-hybridized carbons (Fsp3) is 0.556. The molecule has 2 aliphatic heterocycles. The minimum absolute atomic E-state index is 0.0678. The van der Waals surface area contributed by atoms with Gasteiger partial charge >= 0.3 is 0 Å². The van der Waals surface area contributed by atoms with Crippen LogP contribution in [0.15, 0.2) is 29.4 Å². The van der Waals surface area contributed by atoms with Crippen LogP contribution in [0.1, 0.15) is 32.3 Å². The van der Waals surface area contributed by atoms with Crippen LogP contribution < -0.4 is 5.32 Å². The van der Waals surface area contributed by atoms with Gasteiger partial charge in [-0.05, 0) is 18.6 Å². The molecule has 1 saturated heterocycles. The van der Waals surface area contributed by atoms with E-state index in [0.717, 1.165) is 13.0 Å². The van der Waals surface area contributed by atoms with E-state index in [2.05, 4.69) is 24.3 Å². The molecule has 6 heteroatoms. The Bertz CT molecular complexity index is 703. The molecule has 128 valence electrons. The lowest BCUT2D eigenvalue weighted by molar-refractivity contribution is -0.145. The highest BCUT2D eigenvalue weighted by Gasteiger charge is 2.60. The first-order valence-corrected chi connectivity index (χ1v) is 8.37. The summed E-state index contributed by atoms with van der Waals surface area (Å²) in [6.45, 7) is 5.00. The number of benzene rings is 1. The van der Waals surface area contributed by atoms with E-state index in [4.69, 9.17) is 9.57 Å². The van der Waals surface area contributed by atoms with Gasteiger partial charge in [-0.25, -0.2) is 4.39 Å². The van der Waals surface area contributed by atoms with E-state index in [1.165, 1.54) is 12.1 Å². The molecule has 2 fully saturated rings. The molecule has 0 bridgehead atoms. The van der Waals surface area contributed by atoms with Gasteiger partial charge in [0.2, 0.25) is 6.10 Å². The Balaban J connectivity index is 1.39. The molecule has 1 aromatic rings. The van der Waals surface area contributed by atoms with Crippen molar-refractivity contribution in [3.63, 3.8) is 0 Å². The topological polar surface area (TPSA) is 59.9 Å². The lowest BCUT2D eigenvalue weighted by Gasteiger charge is -2.54. The van der Waals surface area contributed by atoms with Gasteiger partial charge in [0.15, 0.2) is 0 Å². The molecule has 0 unspecified atom stereocenters. The molecule has 0 radical (unpaired) electrons. The van der Waals surface area contributed by atoms with Gasteiger partial charge in [0.1, 0.15) is 5.82 Å². The summed E-state index contributed by atoms with van der Waals surface area (Å²) in [6.07, 6.45) is 0.912. The summed E-state index contributed by atoms with van der Waals surface area (Å²) in [4.78, 5) is 17.8. The van der Waals surface area contributed by atoms with Gasteiger partial charge in [0.25, 0.3) is 5.91 Å². The largest absolute Gasteiger partial charge is 0.382 e. The molecule has 1 aliphatic carbocycles. The molecule has 1 N–H and O–H groups in total. The third-order valence-corrected chi connectivity index (χ3v) is 5.52. The van der Waals surface area contributed by atoms with Crippen molar-refractivity contribution in [3.05, 3.63) is 35.6 Å². The van der Waals surface area contributed by atoms with Crippen molar-refractivity contribution in [2.45, 2.75) is 44.9 Å². The molecule has 24 heavy (non-hydrogen) atoms. The second-order valence-corrected chi connectivity index (χ2v) is 7.40. The van der Waals surface area contributed by atoms with Crippen LogP contribution >= 0.6 is 0 Å². The smallest absolute Gasteiger partial charge is 0.264 e. The van der Waals surface area contributed by atoms with Gasteiger partial charge in [0, 0.05) is 36.0 Å². The third-order valence-electron chi connectivity index (χ3n) is 5.52. The number of nitrogens with zero attached hydrogens (tertiary/aromatic N) is 1. The Labute approximate surface area is 140 Å². The molecule has 5 nitrogen and oxygen atoms in total. The second kappa shape index (κ2) is 5.55. The highest BCUT2D eigenvalue weighted by molar-refractivity contribution is 6.04. The van der Waals surface area contributed by atoms with E-state index < -0.39 is 6.10 Å². The van der Waals surface area contributed by atoms with Crippen molar-refractivity contribution in [2.24, 2.45) is 16.5 Å². The van der Waals surface area contributed by atoms with Crippen molar-refractivity contribution < 1.29 is 18.8 Å². The number of oxime groups is 1. The van der Waals surface area contributed by atoms with Crippen LogP contribution in [-0.4, -0.2) is 36.5 Å². The summed E-state index contributed by atoms with van der Waals surface area (Å²) < 4.78 is 19.1. The maximum atomic E-state index is 13.3. The van der Waals surface area contributed by atoms with Crippen LogP contribution in [0.25, 0.3) is 0 Å². The van der Waals surface area contributed by atoms with E-state index in [0.29, 0.717) is 23.6 Å². The van der Waals surface area contributed by atoms with Crippen molar-refractivity contribution in [3.8, 4) is 0 Å². The number of carbonyl (C=O) groups is 1. The van der Waals surface area contributed by atoms with Gasteiger partial charge in [0.05, 0.1) is 11.8 Å². The molecule has 1 amide bonds. The summed E-state index contributed by atoms with van der Waals surface area (Å²) in [5.41, 5.74) is 1.19. The Hall–Kier alpha value is -1.95. The predicted octanol–water partition coefficient (Wildman–Crippen LogP) is 2.25. The predicted molar refractivity (Wildman–Crippen MR) is 86.0 cm³/mol. The van der Waals surface area contributed by atoms with Crippen LogP contribution in [0, 0.1) is 17.2 Å². The number of amides is 1. The van der Waals surface area contributed by atoms with Crippen LogP contribution in [0.2, 0.25) is 0 Å². The summed E-state index contributed by atoms with van der Waals surface area (Å²) in [6, 6.07) is 6.26. The Morgan fingerprint density at radius 3 is 3.04 bits per heavy atom. The Morgan fingerprint density at radius 2 is 2.25 bits per heavy atom. The lowest BCUT2D eigenvalue weighted by atomic mass is 9.57. The molecule has 0 spiro atoms. The monoisotopic (exact) mass is 332 g/mol. The van der Waals surface area contributed by atoms with Crippen LogP contribution in [0.5, 0.6) is 0 Å². The maximum Gasteiger partial charge on any atom is 0.264 e. The number of nitrogens with one attached hydrogen (secondary N) is 1. The molecule has 0 aromatic heterocycles. The second-order valence-electron chi connectivity index (χ2n) is 7.40. The molecule has 3 aliphatic rings.